The van der Waals surface area contributed by atoms with Crippen molar-refractivity contribution in [3.63, 3.8) is 0 Å². The van der Waals surface area contributed by atoms with E-state index >= 15 is 0 Å². The molecule has 26 heavy (non-hydrogen) atoms. The Morgan fingerprint density at radius 2 is 1.81 bits per heavy atom. The van der Waals surface area contributed by atoms with Gasteiger partial charge in [0.15, 0.2) is 0 Å². The zero-order valence-electron chi connectivity index (χ0n) is 15.3. The zero-order valence-corrected chi connectivity index (χ0v) is 15.3. The molecule has 0 aliphatic heterocycles. The summed E-state index contributed by atoms with van der Waals surface area (Å²) in [5.41, 5.74) is 1.54. The molecule has 0 bridgehead atoms. The highest BCUT2D eigenvalue weighted by atomic mass is 16.3. The summed E-state index contributed by atoms with van der Waals surface area (Å²) in [5, 5.41) is 20.2. The predicted octanol–water partition coefficient (Wildman–Crippen LogP) is 4.41. The van der Waals surface area contributed by atoms with E-state index in [2.05, 4.69) is 0 Å². The lowest BCUT2D eigenvalue weighted by Crippen LogP contribution is -2.38. The van der Waals surface area contributed by atoms with Crippen LogP contribution in [0.3, 0.4) is 0 Å². The summed E-state index contributed by atoms with van der Waals surface area (Å²) in [7, 11) is 1.89. The van der Waals surface area contributed by atoms with Crippen LogP contribution in [0.2, 0.25) is 0 Å². The van der Waals surface area contributed by atoms with Crippen LogP contribution in [0, 0.1) is 0 Å². The summed E-state index contributed by atoms with van der Waals surface area (Å²) < 4.78 is 0. The third-order valence-electron chi connectivity index (χ3n) is 5.48. The highest BCUT2D eigenvalue weighted by molar-refractivity contribution is 5.78. The molecule has 0 radical (unpaired) electrons. The smallest absolute Gasteiger partial charge is 0.223 e. The number of aromatic hydroxyl groups is 2. The van der Waals surface area contributed by atoms with Crippen molar-refractivity contribution in [1.29, 1.82) is 0 Å². The number of rotatable bonds is 5. The van der Waals surface area contributed by atoms with Crippen LogP contribution in [-0.4, -0.2) is 34.1 Å². The van der Waals surface area contributed by atoms with E-state index in [1.165, 1.54) is 19.3 Å². The summed E-state index contributed by atoms with van der Waals surface area (Å²) in [6.45, 7) is 0. The van der Waals surface area contributed by atoms with Crippen molar-refractivity contribution in [2.75, 3.05) is 7.05 Å². The Kier molecular flexibility index (Phi) is 5.82. The van der Waals surface area contributed by atoms with Crippen molar-refractivity contribution in [3.05, 3.63) is 59.7 Å². The molecule has 0 heterocycles. The average Bonchev–Trinajstić information content (AvgIpc) is 2.66. The minimum absolute atomic E-state index is 0.0773. The number of nitrogens with zero attached hydrogens (tertiary/aromatic N) is 1. The molecule has 1 unspecified atom stereocenters. The summed E-state index contributed by atoms with van der Waals surface area (Å²) in [6, 6.07) is 14.4. The predicted molar refractivity (Wildman–Crippen MR) is 102 cm³/mol. The number of phenols is 2. The molecule has 138 valence electrons. The first kappa shape index (κ1) is 18.3. The first-order valence-corrected chi connectivity index (χ1v) is 9.38. The van der Waals surface area contributed by atoms with E-state index in [1.54, 1.807) is 30.3 Å². The molecule has 1 aliphatic rings. The van der Waals surface area contributed by atoms with Crippen LogP contribution in [-0.2, 0) is 4.79 Å². The normalized spacial score (nSPS) is 16.2. The van der Waals surface area contributed by atoms with Gasteiger partial charge in [-0.1, -0.05) is 49.6 Å². The van der Waals surface area contributed by atoms with Crippen molar-refractivity contribution in [1.82, 2.24) is 4.90 Å². The molecule has 0 spiro atoms. The second kappa shape index (κ2) is 8.26. The molecule has 3 rings (SSSR count). The number of phenolic OH excluding ortho intramolecular Hbond substituents is 2. The first-order valence-electron chi connectivity index (χ1n) is 9.38. The van der Waals surface area contributed by atoms with Crippen LogP contribution in [0.5, 0.6) is 11.5 Å². The van der Waals surface area contributed by atoms with E-state index in [9.17, 15) is 15.0 Å². The van der Waals surface area contributed by atoms with Crippen molar-refractivity contribution in [3.8, 4) is 11.5 Å². The molecular weight excluding hydrogens is 326 g/mol. The minimum atomic E-state index is -0.290. The zero-order chi connectivity index (χ0) is 18.5. The fraction of sp³-hybridized carbons (Fsp3) is 0.409. The lowest BCUT2D eigenvalue weighted by atomic mass is 9.86. The van der Waals surface area contributed by atoms with E-state index in [1.807, 2.05) is 30.1 Å². The monoisotopic (exact) mass is 353 g/mol. The maximum absolute atomic E-state index is 13.0. The molecule has 1 amide bonds. The second-order valence-electron chi connectivity index (χ2n) is 7.21. The van der Waals surface area contributed by atoms with Crippen LogP contribution in [0.1, 0.15) is 55.6 Å². The van der Waals surface area contributed by atoms with Crippen LogP contribution in [0.4, 0.5) is 0 Å². The third-order valence-corrected chi connectivity index (χ3v) is 5.48. The molecule has 2 N–H and O–H groups in total. The topological polar surface area (TPSA) is 60.8 Å². The largest absolute Gasteiger partial charge is 0.508 e. The van der Waals surface area contributed by atoms with Crippen LogP contribution < -0.4 is 0 Å². The standard InChI is InChI=1S/C22H27NO3/c1-23(17-9-3-2-4-10-17)22(26)15-20(16-8-7-11-18(24)14-16)19-12-5-6-13-21(19)25/h5-8,11-14,17,20,24-25H,2-4,9-10,15H2,1H3. The summed E-state index contributed by atoms with van der Waals surface area (Å²) in [5.74, 6) is 0.125. The summed E-state index contributed by atoms with van der Waals surface area (Å²) >= 11 is 0. The van der Waals surface area contributed by atoms with Gasteiger partial charge in [-0.05, 0) is 36.6 Å². The molecule has 1 saturated carbocycles. The minimum Gasteiger partial charge on any atom is -0.508 e. The molecule has 0 aromatic heterocycles. The highest BCUT2D eigenvalue weighted by Gasteiger charge is 2.27. The fourth-order valence-electron chi connectivity index (χ4n) is 3.92. The van der Waals surface area contributed by atoms with Crippen LogP contribution in [0.25, 0.3) is 0 Å². The number of carbonyl (C=O) groups is 1. The van der Waals surface area contributed by atoms with E-state index in [-0.39, 0.29) is 29.7 Å². The maximum atomic E-state index is 13.0. The number of amides is 1. The van der Waals surface area contributed by atoms with E-state index in [4.69, 9.17) is 0 Å². The Hall–Kier alpha value is -2.49. The third kappa shape index (κ3) is 4.18. The Bertz CT molecular complexity index is 753. The Labute approximate surface area is 155 Å². The Balaban J connectivity index is 1.86. The number of hydrogen-bond acceptors (Lipinski definition) is 3. The molecule has 4 heteroatoms. The van der Waals surface area contributed by atoms with Crippen LogP contribution in [0.15, 0.2) is 48.5 Å². The van der Waals surface area contributed by atoms with Crippen molar-refractivity contribution < 1.29 is 15.0 Å². The maximum Gasteiger partial charge on any atom is 0.223 e. The van der Waals surface area contributed by atoms with Crippen molar-refractivity contribution in [2.45, 2.75) is 50.5 Å². The highest BCUT2D eigenvalue weighted by Crippen LogP contribution is 2.35. The quantitative estimate of drug-likeness (QED) is 0.837. The lowest BCUT2D eigenvalue weighted by Gasteiger charge is -2.32. The SMILES string of the molecule is CN(C(=O)CC(c1cccc(O)c1)c1ccccc1O)C1CCCCC1. The summed E-state index contributed by atoms with van der Waals surface area (Å²) in [4.78, 5) is 14.9. The number of hydrogen-bond donors (Lipinski definition) is 2. The lowest BCUT2D eigenvalue weighted by molar-refractivity contribution is -0.132. The molecule has 1 aliphatic carbocycles. The fourth-order valence-corrected chi connectivity index (χ4v) is 3.92. The van der Waals surface area contributed by atoms with Gasteiger partial charge in [-0.15, -0.1) is 0 Å². The number of benzene rings is 2. The Morgan fingerprint density at radius 1 is 1.08 bits per heavy atom. The molecule has 1 fully saturated rings. The van der Waals surface area contributed by atoms with Gasteiger partial charge in [0, 0.05) is 31.0 Å². The van der Waals surface area contributed by atoms with Crippen molar-refractivity contribution >= 4 is 5.91 Å². The van der Waals surface area contributed by atoms with Gasteiger partial charge in [0.25, 0.3) is 0 Å². The molecule has 0 saturated heterocycles. The molecule has 2 aromatic rings. The molecule has 2 aromatic carbocycles. The number of para-hydroxylation sites is 1. The first-order chi connectivity index (χ1) is 12.6. The van der Waals surface area contributed by atoms with E-state index in [0.29, 0.717) is 11.6 Å². The second-order valence-corrected chi connectivity index (χ2v) is 7.21. The van der Waals surface area contributed by atoms with Gasteiger partial charge < -0.3 is 15.1 Å². The molecular formula is C22H27NO3. The van der Waals surface area contributed by atoms with Gasteiger partial charge >= 0.3 is 0 Å². The van der Waals surface area contributed by atoms with Gasteiger partial charge in [-0.2, -0.15) is 0 Å². The number of carbonyl (C=O) groups excluding carboxylic acids is 1. The summed E-state index contributed by atoms with van der Waals surface area (Å²) in [6.07, 6.45) is 6.01. The van der Waals surface area contributed by atoms with Gasteiger partial charge in [0.1, 0.15) is 11.5 Å². The average molecular weight is 353 g/mol. The van der Waals surface area contributed by atoms with Gasteiger partial charge in [0.05, 0.1) is 0 Å². The molecule has 1 atom stereocenters. The molecule has 4 nitrogen and oxygen atoms in total. The van der Waals surface area contributed by atoms with E-state index in [0.717, 1.165) is 18.4 Å². The van der Waals surface area contributed by atoms with Gasteiger partial charge in [-0.3, -0.25) is 4.79 Å². The van der Waals surface area contributed by atoms with Gasteiger partial charge in [-0.25, -0.2) is 0 Å². The van der Waals surface area contributed by atoms with Gasteiger partial charge in [0.2, 0.25) is 5.91 Å². The van der Waals surface area contributed by atoms with Crippen molar-refractivity contribution in [2.24, 2.45) is 0 Å². The Morgan fingerprint density at radius 3 is 2.50 bits per heavy atom. The van der Waals surface area contributed by atoms with E-state index < -0.39 is 0 Å². The van der Waals surface area contributed by atoms with Crippen LogP contribution >= 0.6 is 0 Å².